The average Bonchev–Trinajstić information content (AvgIpc) is 3.00. The van der Waals surface area contributed by atoms with E-state index in [2.05, 4.69) is 49.0 Å². The second-order valence-electron chi connectivity index (χ2n) is 3.65. The van der Waals surface area contributed by atoms with Gasteiger partial charge < -0.3 is 10.4 Å². The van der Waals surface area contributed by atoms with Gasteiger partial charge in [0.15, 0.2) is 0 Å². The maximum atomic E-state index is 12.0. The number of nitrogens with one attached hydrogen (secondary N) is 1. The first-order valence-electron chi connectivity index (χ1n) is 5.51. The topological polar surface area (TPSA) is 49.3 Å². The Kier molecular flexibility index (Phi) is 5.81. The molecular formula is C13H9Br2NO2S2. The Morgan fingerprint density at radius 1 is 1.35 bits per heavy atom. The highest BCUT2D eigenvalue weighted by atomic mass is 79.9. The van der Waals surface area contributed by atoms with Crippen molar-refractivity contribution in [3.8, 4) is 11.8 Å². The van der Waals surface area contributed by atoms with Crippen LogP contribution in [0.2, 0.25) is 0 Å². The molecule has 0 aliphatic heterocycles. The van der Waals surface area contributed by atoms with E-state index in [9.17, 15) is 4.79 Å². The number of hydrogen-bond acceptors (Lipinski definition) is 4. The molecule has 0 saturated carbocycles. The van der Waals surface area contributed by atoms with Crippen molar-refractivity contribution in [3.05, 3.63) is 41.1 Å². The normalized spacial score (nSPS) is 9.95. The van der Waals surface area contributed by atoms with Crippen molar-refractivity contribution < 1.29 is 9.90 Å². The van der Waals surface area contributed by atoms with Crippen LogP contribution in [0.15, 0.2) is 25.8 Å². The SMILES string of the molecule is O=C(NCc1ccc(C#CCO)s1)c1cc(Br)sc1Br. The maximum Gasteiger partial charge on any atom is 0.253 e. The molecule has 0 unspecified atom stereocenters. The van der Waals surface area contributed by atoms with E-state index in [0.717, 1.165) is 17.3 Å². The standard InChI is InChI=1S/C13H9Br2NO2S2/c14-11-6-10(12(15)20-11)13(18)16-7-9-4-3-8(19-9)2-1-5-17/h3-4,6,17H,5,7H2,(H,16,18). The molecule has 0 radical (unpaired) electrons. The lowest BCUT2D eigenvalue weighted by Gasteiger charge is -2.01. The molecule has 3 nitrogen and oxygen atoms in total. The minimum atomic E-state index is -0.148. The van der Waals surface area contributed by atoms with E-state index in [4.69, 9.17) is 5.11 Å². The Balaban J connectivity index is 1.96. The number of aliphatic hydroxyl groups is 1. The number of carbonyl (C=O) groups excluding carboxylic acids is 1. The van der Waals surface area contributed by atoms with Crippen LogP contribution < -0.4 is 5.32 Å². The molecule has 0 aliphatic carbocycles. The predicted octanol–water partition coefficient (Wildman–Crippen LogP) is 3.61. The van der Waals surface area contributed by atoms with E-state index >= 15 is 0 Å². The molecule has 2 heterocycles. The Hall–Kier alpha value is -0.650. The number of halogens is 2. The zero-order chi connectivity index (χ0) is 14.5. The number of amides is 1. The number of thiophene rings is 2. The van der Waals surface area contributed by atoms with Crippen LogP contribution in [-0.2, 0) is 6.54 Å². The highest BCUT2D eigenvalue weighted by Gasteiger charge is 2.13. The number of aliphatic hydroxyl groups excluding tert-OH is 1. The molecule has 0 atom stereocenters. The molecule has 0 fully saturated rings. The minimum absolute atomic E-state index is 0.116. The van der Waals surface area contributed by atoms with Gasteiger partial charge in [-0.15, -0.1) is 22.7 Å². The van der Waals surface area contributed by atoms with Gasteiger partial charge in [-0.2, -0.15) is 0 Å². The first kappa shape index (κ1) is 15.7. The van der Waals surface area contributed by atoms with Crippen molar-refractivity contribution in [2.75, 3.05) is 6.61 Å². The summed E-state index contributed by atoms with van der Waals surface area (Å²) >= 11 is 9.68. The summed E-state index contributed by atoms with van der Waals surface area (Å²) in [7, 11) is 0. The Bertz CT molecular complexity index is 682. The quantitative estimate of drug-likeness (QED) is 0.725. The van der Waals surface area contributed by atoms with Gasteiger partial charge in [-0.05, 0) is 50.1 Å². The fraction of sp³-hybridized carbons (Fsp3) is 0.154. The lowest BCUT2D eigenvalue weighted by molar-refractivity contribution is 0.0951. The summed E-state index contributed by atoms with van der Waals surface area (Å²) in [6.07, 6.45) is 0. The second-order valence-corrected chi connectivity index (χ2v) is 8.56. The van der Waals surface area contributed by atoms with Gasteiger partial charge in [-0.3, -0.25) is 4.79 Å². The highest BCUT2D eigenvalue weighted by Crippen LogP contribution is 2.31. The molecule has 0 aromatic carbocycles. The van der Waals surface area contributed by atoms with Crippen LogP contribution in [0.3, 0.4) is 0 Å². The van der Waals surface area contributed by atoms with Gasteiger partial charge in [0.1, 0.15) is 6.61 Å². The molecule has 2 rings (SSSR count). The first-order chi connectivity index (χ1) is 9.60. The van der Waals surface area contributed by atoms with Crippen molar-refractivity contribution >= 4 is 60.4 Å². The van der Waals surface area contributed by atoms with Gasteiger partial charge in [-0.1, -0.05) is 11.8 Å². The van der Waals surface area contributed by atoms with Crippen molar-refractivity contribution in [1.29, 1.82) is 0 Å². The molecule has 1 amide bonds. The number of hydrogen-bond donors (Lipinski definition) is 2. The lowest BCUT2D eigenvalue weighted by atomic mass is 10.3. The Labute approximate surface area is 141 Å². The molecular weight excluding hydrogens is 426 g/mol. The summed E-state index contributed by atoms with van der Waals surface area (Å²) in [6, 6.07) is 5.59. The second kappa shape index (κ2) is 7.38. The molecule has 2 aromatic rings. The van der Waals surface area contributed by atoms with Crippen LogP contribution in [0.5, 0.6) is 0 Å². The average molecular weight is 435 g/mol. The van der Waals surface area contributed by atoms with Crippen LogP contribution in [0.4, 0.5) is 0 Å². The summed E-state index contributed by atoms with van der Waals surface area (Å²) in [5.41, 5.74) is 0.624. The van der Waals surface area contributed by atoms with E-state index in [-0.39, 0.29) is 12.5 Å². The lowest BCUT2D eigenvalue weighted by Crippen LogP contribution is -2.22. The summed E-state index contributed by atoms with van der Waals surface area (Å²) in [6.45, 7) is 0.315. The first-order valence-corrected chi connectivity index (χ1v) is 8.73. The predicted molar refractivity (Wildman–Crippen MR) is 89.2 cm³/mol. The third kappa shape index (κ3) is 4.17. The van der Waals surface area contributed by atoms with Gasteiger partial charge in [0, 0.05) is 4.88 Å². The van der Waals surface area contributed by atoms with Crippen molar-refractivity contribution in [1.82, 2.24) is 5.32 Å². The molecule has 0 bridgehead atoms. The van der Waals surface area contributed by atoms with Gasteiger partial charge in [0.25, 0.3) is 5.91 Å². The number of rotatable bonds is 3. The molecule has 0 saturated heterocycles. The third-order valence-corrected chi connectivity index (χ3v) is 5.62. The smallest absolute Gasteiger partial charge is 0.253 e. The van der Waals surface area contributed by atoms with E-state index in [1.807, 2.05) is 12.1 Å². The third-order valence-electron chi connectivity index (χ3n) is 2.28. The van der Waals surface area contributed by atoms with Crippen molar-refractivity contribution in [2.24, 2.45) is 0 Å². The number of carbonyl (C=O) groups is 1. The van der Waals surface area contributed by atoms with Crippen molar-refractivity contribution in [3.63, 3.8) is 0 Å². The largest absolute Gasteiger partial charge is 0.384 e. The molecule has 104 valence electrons. The van der Waals surface area contributed by atoms with Crippen LogP contribution in [0.1, 0.15) is 20.1 Å². The van der Waals surface area contributed by atoms with Crippen LogP contribution >= 0.6 is 54.5 Å². The molecule has 0 aliphatic rings. The monoisotopic (exact) mass is 433 g/mol. The van der Waals surface area contributed by atoms with Gasteiger partial charge >= 0.3 is 0 Å². The van der Waals surface area contributed by atoms with E-state index in [1.165, 1.54) is 22.7 Å². The fourth-order valence-electron chi connectivity index (χ4n) is 1.42. The van der Waals surface area contributed by atoms with E-state index < -0.39 is 0 Å². The Morgan fingerprint density at radius 3 is 2.80 bits per heavy atom. The molecule has 7 heteroatoms. The van der Waals surface area contributed by atoms with Gasteiger partial charge in [0.2, 0.25) is 0 Å². The van der Waals surface area contributed by atoms with Crippen LogP contribution in [-0.4, -0.2) is 17.6 Å². The summed E-state index contributed by atoms with van der Waals surface area (Å²) < 4.78 is 1.72. The van der Waals surface area contributed by atoms with E-state index in [0.29, 0.717) is 12.1 Å². The summed E-state index contributed by atoms with van der Waals surface area (Å²) in [5.74, 6) is 5.32. The summed E-state index contributed by atoms with van der Waals surface area (Å²) in [4.78, 5) is 13.9. The summed E-state index contributed by atoms with van der Waals surface area (Å²) in [5, 5.41) is 11.5. The molecule has 0 spiro atoms. The zero-order valence-electron chi connectivity index (χ0n) is 10.1. The zero-order valence-corrected chi connectivity index (χ0v) is 14.9. The molecule has 2 aromatic heterocycles. The van der Waals surface area contributed by atoms with E-state index in [1.54, 1.807) is 6.07 Å². The fourth-order valence-corrected chi connectivity index (χ4v) is 5.04. The van der Waals surface area contributed by atoms with Crippen molar-refractivity contribution in [2.45, 2.75) is 6.54 Å². The maximum absolute atomic E-state index is 12.0. The van der Waals surface area contributed by atoms with Crippen LogP contribution in [0.25, 0.3) is 0 Å². The molecule has 20 heavy (non-hydrogen) atoms. The highest BCUT2D eigenvalue weighted by molar-refractivity contribution is 9.12. The van der Waals surface area contributed by atoms with Gasteiger partial charge in [-0.25, -0.2) is 0 Å². The van der Waals surface area contributed by atoms with Crippen LogP contribution in [0, 0.1) is 11.8 Å². The Morgan fingerprint density at radius 2 is 2.15 bits per heavy atom. The minimum Gasteiger partial charge on any atom is -0.384 e. The molecule has 2 N–H and O–H groups in total. The van der Waals surface area contributed by atoms with Gasteiger partial charge in [0.05, 0.1) is 24.6 Å².